The number of aliphatic carboxylic acids is 1. The molecule has 0 saturated heterocycles. The van der Waals surface area contributed by atoms with Crippen LogP contribution in [0.15, 0.2) is 20.1 Å². The summed E-state index contributed by atoms with van der Waals surface area (Å²) < 4.78 is 27.7. The third kappa shape index (κ3) is 3.36. The van der Waals surface area contributed by atoms with Gasteiger partial charge in [-0.2, -0.15) is 0 Å². The van der Waals surface area contributed by atoms with Crippen LogP contribution in [0.1, 0.15) is 27.7 Å². The Hall–Kier alpha value is -0.440. The van der Waals surface area contributed by atoms with Gasteiger partial charge in [0.1, 0.15) is 4.21 Å². The highest BCUT2D eigenvalue weighted by Gasteiger charge is 2.46. The van der Waals surface area contributed by atoms with E-state index in [1.165, 1.54) is 19.9 Å². The second-order valence-electron chi connectivity index (χ2n) is 5.22. The first kappa shape index (κ1) is 16.6. The quantitative estimate of drug-likeness (QED) is 0.835. The van der Waals surface area contributed by atoms with Crippen molar-refractivity contribution in [2.75, 3.05) is 0 Å². The van der Waals surface area contributed by atoms with Crippen molar-refractivity contribution in [3.05, 3.63) is 15.9 Å². The fourth-order valence-electron chi connectivity index (χ4n) is 1.22. The minimum absolute atomic E-state index is 0.147. The van der Waals surface area contributed by atoms with Gasteiger partial charge in [-0.15, -0.1) is 11.3 Å². The zero-order chi connectivity index (χ0) is 15.1. The maximum Gasteiger partial charge on any atom is 0.310 e. The lowest BCUT2D eigenvalue weighted by Gasteiger charge is -2.38. The van der Waals surface area contributed by atoms with E-state index in [-0.39, 0.29) is 4.21 Å². The van der Waals surface area contributed by atoms with Crippen LogP contribution in [0.4, 0.5) is 0 Å². The van der Waals surface area contributed by atoms with Gasteiger partial charge in [0.15, 0.2) is 0 Å². The number of carbonyl (C=O) groups is 1. The largest absolute Gasteiger partial charge is 0.481 e. The van der Waals surface area contributed by atoms with E-state index in [0.717, 1.165) is 11.3 Å². The lowest BCUT2D eigenvalue weighted by atomic mass is 9.75. The fourth-order valence-corrected chi connectivity index (χ4v) is 4.77. The van der Waals surface area contributed by atoms with Gasteiger partial charge in [-0.3, -0.25) is 4.79 Å². The van der Waals surface area contributed by atoms with Crippen LogP contribution in [0.5, 0.6) is 0 Å². The van der Waals surface area contributed by atoms with Gasteiger partial charge in [-0.05, 0) is 55.8 Å². The van der Waals surface area contributed by atoms with Crippen molar-refractivity contribution in [2.45, 2.75) is 37.4 Å². The summed E-state index contributed by atoms with van der Waals surface area (Å²) >= 11 is 4.27. The van der Waals surface area contributed by atoms with E-state index in [4.69, 9.17) is 0 Å². The van der Waals surface area contributed by atoms with Gasteiger partial charge in [-0.1, -0.05) is 0 Å². The Morgan fingerprint density at radius 2 is 1.84 bits per heavy atom. The van der Waals surface area contributed by atoms with E-state index in [1.807, 2.05) is 0 Å². The summed E-state index contributed by atoms with van der Waals surface area (Å²) in [5, 5.41) is 9.21. The van der Waals surface area contributed by atoms with Crippen LogP contribution in [0.2, 0.25) is 0 Å². The molecule has 0 aliphatic carbocycles. The van der Waals surface area contributed by atoms with Crippen LogP contribution in [-0.4, -0.2) is 25.0 Å². The maximum atomic E-state index is 12.2. The molecule has 0 atom stereocenters. The molecule has 0 bridgehead atoms. The third-order valence-electron chi connectivity index (χ3n) is 3.30. The number of rotatable bonds is 5. The fraction of sp³-hybridized carbons (Fsp3) is 0.545. The summed E-state index contributed by atoms with van der Waals surface area (Å²) in [6.45, 7) is 6.09. The molecule has 1 rings (SSSR count). The number of halogens is 1. The van der Waals surface area contributed by atoms with E-state index in [1.54, 1.807) is 19.9 Å². The number of hydrogen-bond donors (Lipinski definition) is 2. The third-order valence-corrected chi connectivity index (χ3v) is 7.07. The van der Waals surface area contributed by atoms with E-state index >= 15 is 0 Å². The minimum atomic E-state index is -3.74. The smallest absolute Gasteiger partial charge is 0.310 e. The number of sulfonamides is 1. The maximum absolute atomic E-state index is 12.2. The lowest BCUT2D eigenvalue weighted by molar-refractivity contribution is -0.150. The highest BCUT2D eigenvalue weighted by molar-refractivity contribution is 9.11. The highest BCUT2D eigenvalue weighted by Crippen LogP contribution is 2.33. The molecule has 0 unspecified atom stereocenters. The van der Waals surface area contributed by atoms with Crippen molar-refractivity contribution in [3.8, 4) is 0 Å². The Bertz CT molecular complexity index is 590. The molecule has 0 fully saturated rings. The highest BCUT2D eigenvalue weighted by atomic mass is 79.9. The molecule has 0 aromatic carbocycles. The van der Waals surface area contributed by atoms with Crippen molar-refractivity contribution in [1.29, 1.82) is 0 Å². The van der Waals surface area contributed by atoms with Crippen molar-refractivity contribution in [1.82, 2.24) is 4.72 Å². The van der Waals surface area contributed by atoms with Crippen LogP contribution < -0.4 is 4.72 Å². The molecule has 108 valence electrons. The number of nitrogens with one attached hydrogen (secondary N) is 1. The average molecular weight is 370 g/mol. The molecule has 0 spiro atoms. The van der Waals surface area contributed by atoms with Gasteiger partial charge in [0.05, 0.1) is 9.20 Å². The molecule has 1 aromatic heterocycles. The Morgan fingerprint density at radius 3 is 2.21 bits per heavy atom. The molecular weight excluding hydrogens is 354 g/mol. The molecule has 0 aliphatic heterocycles. The van der Waals surface area contributed by atoms with Crippen molar-refractivity contribution in [3.63, 3.8) is 0 Å². The molecular formula is C11H16BrNO4S2. The second-order valence-corrected chi connectivity index (χ2v) is 9.59. The SMILES string of the molecule is CC(C)(NS(=O)(=O)c1ccc(Br)s1)C(C)(C)C(=O)O. The van der Waals surface area contributed by atoms with Gasteiger partial charge >= 0.3 is 5.97 Å². The molecule has 0 radical (unpaired) electrons. The summed E-state index contributed by atoms with van der Waals surface area (Å²) in [6.07, 6.45) is 0. The normalized spacial score (nSPS) is 13.5. The minimum Gasteiger partial charge on any atom is -0.481 e. The average Bonchev–Trinajstić information content (AvgIpc) is 2.63. The van der Waals surface area contributed by atoms with Crippen LogP contribution >= 0.6 is 27.3 Å². The number of carboxylic acid groups (broad SMARTS) is 1. The van der Waals surface area contributed by atoms with E-state index in [2.05, 4.69) is 20.7 Å². The van der Waals surface area contributed by atoms with Crippen LogP contribution in [-0.2, 0) is 14.8 Å². The first-order chi connectivity index (χ1) is 8.40. The number of carboxylic acids is 1. The zero-order valence-corrected chi connectivity index (χ0v) is 14.2. The van der Waals surface area contributed by atoms with E-state index in [9.17, 15) is 18.3 Å². The number of thiophene rings is 1. The molecule has 8 heteroatoms. The summed E-state index contributed by atoms with van der Waals surface area (Å²) in [6, 6.07) is 3.11. The van der Waals surface area contributed by atoms with Gasteiger partial charge in [0.25, 0.3) is 10.0 Å². The van der Waals surface area contributed by atoms with Crippen molar-refractivity contribution >= 4 is 43.3 Å². The summed E-state index contributed by atoms with van der Waals surface area (Å²) in [5.74, 6) is -1.06. The predicted molar refractivity (Wildman–Crippen MR) is 77.8 cm³/mol. The molecule has 2 N–H and O–H groups in total. The first-order valence-corrected chi connectivity index (χ1v) is 8.52. The molecule has 1 heterocycles. The van der Waals surface area contributed by atoms with Crippen molar-refractivity contribution < 1.29 is 18.3 Å². The molecule has 0 saturated carbocycles. The molecule has 0 amide bonds. The monoisotopic (exact) mass is 369 g/mol. The Kier molecular flexibility index (Phi) is 4.51. The Morgan fingerprint density at radius 1 is 1.32 bits per heavy atom. The summed E-state index contributed by atoms with van der Waals surface area (Å²) in [5.41, 5.74) is -2.37. The molecule has 0 aliphatic rings. The molecule has 19 heavy (non-hydrogen) atoms. The van der Waals surface area contributed by atoms with Gasteiger partial charge in [-0.25, -0.2) is 13.1 Å². The molecule has 5 nitrogen and oxygen atoms in total. The summed E-state index contributed by atoms with van der Waals surface area (Å²) in [4.78, 5) is 11.3. The van der Waals surface area contributed by atoms with Gasteiger partial charge < -0.3 is 5.11 Å². The predicted octanol–water partition coefficient (Wildman–Crippen LogP) is 2.68. The lowest BCUT2D eigenvalue weighted by Crippen LogP contribution is -2.56. The van der Waals surface area contributed by atoms with E-state index < -0.39 is 26.9 Å². The van der Waals surface area contributed by atoms with Crippen LogP contribution in [0.3, 0.4) is 0 Å². The number of hydrogen-bond acceptors (Lipinski definition) is 4. The first-order valence-electron chi connectivity index (χ1n) is 5.43. The summed E-state index contributed by atoms with van der Waals surface area (Å²) in [7, 11) is -3.74. The second kappa shape index (κ2) is 5.16. The van der Waals surface area contributed by atoms with Gasteiger partial charge in [0.2, 0.25) is 0 Å². The van der Waals surface area contributed by atoms with Gasteiger partial charge in [0, 0.05) is 5.54 Å². The van der Waals surface area contributed by atoms with Crippen LogP contribution in [0, 0.1) is 5.41 Å². The Balaban J connectivity index is 3.11. The standard InChI is InChI=1S/C11H16BrNO4S2/c1-10(2,9(14)15)11(3,4)13-19(16,17)8-6-5-7(12)18-8/h5-6,13H,1-4H3,(H,14,15). The Labute approximate surface area is 125 Å². The van der Waals surface area contributed by atoms with E-state index in [0.29, 0.717) is 3.79 Å². The zero-order valence-electron chi connectivity index (χ0n) is 11.0. The van der Waals surface area contributed by atoms with Crippen molar-refractivity contribution in [2.24, 2.45) is 5.41 Å². The molecule has 1 aromatic rings. The van der Waals surface area contributed by atoms with Crippen LogP contribution in [0.25, 0.3) is 0 Å². The topological polar surface area (TPSA) is 83.5 Å².